The second-order valence-corrected chi connectivity index (χ2v) is 4.13. The molecular formula is C14H19Cl2N3O2. The average Bonchev–Trinajstić information content (AvgIpc) is 2.43. The van der Waals surface area contributed by atoms with Crippen molar-refractivity contribution in [2.45, 2.75) is 0 Å². The van der Waals surface area contributed by atoms with Gasteiger partial charge >= 0.3 is 0 Å². The number of amides is 1. The predicted molar refractivity (Wildman–Crippen MR) is 89.6 cm³/mol. The summed E-state index contributed by atoms with van der Waals surface area (Å²) in [7, 11) is 1.63. The number of fused-ring (bicyclic) bond motifs is 1. The van der Waals surface area contributed by atoms with Gasteiger partial charge < -0.3 is 15.4 Å². The van der Waals surface area contributed by atoms with E-state index in [1.807, 2.05) is 30.3 Å². The average molecular weight is 332 g/mol. The molecule has 0 saturated heterocycles. The first-order chi connectivity index (χ1) is 9.29. The van der Waals surface area contributed by atoms with Crippen molar-refractivity contribution in [3.8, 4) is 0 Å². The van der Waals surface area contributed by atoms with Gasteiger partial charge in [0.15, 0.2) is 0 Å². The van der Waals surface area contributed by atoms with Gasteiger partial charge in [-0.25, -0.2) is 0 Å². The highest BCUT2D eigenvalue weighted by molar-refractivity contribution is 5.94. The Morgan fingerprint density at radius 2 is 2.05 bits per heavy atom. The smallest absolute Gasteiger partial charge is 0.238 e. The number of anilines is 1. The van der Waals surface area contributed by atoms with Crippen molar-refractivity contribution in [3.05, 3.63) is 36.5 Å². The Labute approximate surface area is 136 Å². The number of methoxy groups -OCH3 is 1. The highest BCUT2D eigenvalue weighted by Gasteiger charge is 2.03. The number of carbonyl (C=O) groups is 1. The molecule has 0 unspecified atom stereocenters. The summed E-state index contributed by atoms with van der Waals surface area (Å²) in [6.45, 7) is 1.50. The van der Waals surface area contributed by atoms with Crippen molar-refractivity contribution in [3.63, 3.8) is 0 Å². The molecule has 0 fully saturated rings. The minimum atomic E-state index is -0.0896. The number of benzene rings is 1. The summed E-state index contributed by atoms with van der Waals surface area (Å²) in [6, 6.07) is 9.70. The maximum atomic E-state index is 11.7. The Kier molecular flexibility index (Phi) is 9.65. The number of nitrogens with zero attached hydrogens (tertiary/aromatic N) is 1. The van der Waals surface area contributed by atoms with Gasteiger partial charge in [0.25, 0.3) is 0 Å². The molecule has 2 aromatic rings. The quantitative estimate of drug-likeness (QED) is 0.797. The van der Waals surface area contributed by atoms with Crippen LogP contribution in [0.3, 0.4) is 0 Å². The summed E-state index contributed by atoms with van der Waals surface area (Å²) in [5, 5.41) is 6.80. The zero-order valence-corrected chi connectivity index (χ0v) is 13.3. The number of hydrogen-bond acceptors (Lipinski definition) is 4. The summed E-state index contributed by atoms with van der Waals surface area (Å²) in [6.07, 6.45) is 1.66. The molecule has 1 heterocycles. The predicted octanol–water partition coefficient (Wildman–Crippen LogP) is 2.25. The first-order valence-corrected chi connectivity index (χ1v) is 6.14. The van der Waals surface area contributed by atoms with E-state index in [-0.39, 0.29) is 37.3 Å². The molecule has 1 aromatic carbocycles. The number of rotatable bonds is 6. The molecule has 0 bridgehead atoms. The van der Waals surface area contributed by atoms with Crippen molar-refractivity contribution < 1.29 is 9.53 Å². The summed E-state index contributed by atoms with van der Waals surface area (Å²) < 4.78 is 4.89. The number of ether oxygens (including phenoxy) is 1. The number of nitrogens with one attached hydrogen (secondary N) is 2. The molecule has 1 aromatic heterocycles. The number of carbonyl (C=O) groups excluding carboxylic acids is 1. The van der Waals surface area contributed by atoms with Crippen LogP contribution < -0.4 is 10.6 Å². The maximum Gasteiger partial charge on any atom is 0.238 e. The monoisotopic (exact) mass is 331 g/mol. The Hall–Kier alpha value is -1.40. The molecule has 0 atom stereocenters. The second-order valence-electron chi connectivity index (χ2n) is 4.13. The third-order valence-corrected chi connectivity index (χ3v) is 2.64. The van der Waals surface area contributed by atoms with Crippen LogP contribution in [-0.4, -0.2) is 37.7 Å². The molecule has 1 amide bonds. The molecule has 21 heavy (non-hydrogen) atoms. The van der Waals surface area contributed by atoms with Crippen LogP contribution in [0.1, 0.15) is 0 Å². The number of para-hydroxylation sites is 1. The van der Waals surface area contributed by atoms with E-state index in [1.165, 1.54) is 0 Å². The Bertz CT molecular complexity index is 567. The van der Waals surface area contributed by atoms with Crippen LogP contribution >= 0.6 is 24.8 Å². The lowest BCUT2D eigenvalue weighted by Gasteiger charge is -2.07. The summed E-state index contributed by atoms with van der Waals surface area (Å²) in [5.41, 5.74) is 1.62. The molecule has 7 heteroatoms. The summed E-state index contributed by atoms with van der Waals surface area (Å²) >= 11 is 0. The number of halogens is 2. The minimum Gasteiger partial charge on any atom is -0.383 e. The molecule has 5 nitrogen and oxygen atoms in total. The van der Waals surface area contributed by atoms with Crippen molar-refractivity contribution in [2.24, 2.45) is 0 Å². The number of pyridine rings is 1. The molecule has 0 radical (unpaired) electrons. The van der Waals surface area contributed by atoms with Crippen molar-refractivity contribution in [1.29, 1.82) is 0 Å². The molecule has 0 saturated carbocycles. The third-order valence-electron chi connectivity index (χ3n) is 2.64. The lowest BCUT2D eigenvalue weighted by Crippen LogP contribution is -2.30. The minimum absolute atomic E-state index is 0. The van der Waals surface area contributed by atoms with Gasteiger partial charge in [0.05, 0.1) is 30.6 Å². The Balaban J connectivity index is 0.00000200. The summed E-state index contributed by atoms with van der Waals surface area (Å²) in [5.74, 6) is -0.0896. The van der Waals surface area contributed by atoms with E-state index in [1.54, 1.807) is 13.3 Å². The normalized spacial score (nSPS) is 9.57. The first kappa shape index (κ1) is 19.6. The highest BCUT2D eigenvalue weighted by Crippen LogP contribution is 2.15. The van der Waals surface area contributed by atoms with Gasteiger partial charge in [-0.3, -0.25) is 9.78 Å². The Morgan fingerprint density at radius 1 is 1.29 bits per heavy atom. The number of aromatic nitrogens is 1. The highest BCUT2D eigenvalue weighted by atomic mass is 35.5. The SMILES string of the molecule is COCCNCC(=O)Nc1cnc2ccccc2c1.Cl.Cl. The topological polar surface area (TPSA) is 63.2 Å². The van der Waals surface area contributed by atoms with Crippen LogP contribution in [-0.2, 0) is 9.53 Å². The van der Waals surface area contributed by atoms with Crippen molar-refractivity contribution in [2.75, 3.05) is 32.1 Å². The van der Waals surface area contributed by atoms with Gasteiger partial charge in [-0.1, -0.05) is 18.2 Å². The van der Waals surface area contributed by atoms with Gasteiger partial charge in [-0.2, -0.15) is 0 Å². The van der Waals surface area contributed by atoms with Gasteiger partial charge in [0.2, 0.25) is 5.91 Å². The van der Waals surface area contributed by atoms with E-state index in [4.69, 9.17) is 4.74 Å². The van der Waals surface area contributed by atoms with Gasteiger partial charge in [0.1, 0.15) is 0 Å². The van der Waals surface area contributed by atoms with Crippen molar-refractivity contribution in [1.82, 2.24) is 10.3 Å². The zero-order valence-electron chi connectivity index (χ0n) is 11.7. The lowest BCUT2D eigenvalue weighted by molar-refractivity contribution is -0.115. The standard InChI is InChI=1S/C14H17N3O2.2ClH/c1-19-7-6-15-10-14(18)17-12-8-11-4-2-3-5-13(11)16-9-12;;/h2-5,8-9,15H,6-7,10H2,1H3,(H,17,18);2*1H. The van der Waals surface area contributed by atoms with Gasteiger partial charge in [-0.05, 0) is 12.1 Å². The van der Waals surface area contributed by atoms with Crippen molar-refractivity contribution >= 4 is 47.3 Å². The van der Waals surface area contributed by atoms with Crippen LogP contribution in [0.25, 0.3) is 10.9 Å². The van der Waals surface area contributed by atoms with Crippen LogP contribution in [0.5, 0.6) is 0 Å². The lowest BCUT2D eigenvalue weighted by atomic mass is 10.2. The second kappa shape index (κ2) is 10.3. The summed E-state index contributed by atoms with van der Waals surface area (Å²) in [4.78, 5) is 16.0. The van der Waals surface area contributed by atoms with Gasteiger partial charge in [-0.15, -0.1) is 24.8 Å². The van der Waals surface area contributed by atoms with Crippen LogP contribution in [0.15, 0.2) is 36.5 Å². The molecule has 0 aliphatic carbocycles. The van der Waals surface area contributed by atoms with Crippen LogP contribution in [0.4, 0.5) is 5.69 Å². The van der Waals surface area contributed by atoms with E-state index in [0.29, 0.717) is 18.8 Å². The van der Waals surface area contributed by atoms with E-state index in [2.05, 4.69) is 15.6 Å². The fraction of sp³-hybridized carbons (Fsp3) is 0.286. The molecule has 0 aliphatic heterocycles. The molecule has 0 spiro atoms. The fourth-order valence-electron chi connectivity index (χ4n) is 1.72. The van der Waals surface area contributed by atoms with E-state index < -0.39 is 0 Å². The third kappa shape index (κ3) is 6.27. The molecule has 2 N–H and O–H groups in total. The molecular weight excluding hydrogens is 313 g/mol. The fourth-order valence-corrected chi connectivity index (χ4v) is 1.72. The Morgan fingerprint density at radius 3 is 2.81 bits per heavy atom. The van der Waals surface area contributed by atoms with Gasteiger partial charge in [0, 0.05) is 19.0 Å². The molecule has 116 valence electrons. The molecule has 0 aliphatic rings. The number of hydrogen-bond donors (Lipinski definition) is 2. The van der Waals surface area contributed by atoms with Crippen LogP contribution in [0.2, 0.25) is 0 Å². The molecule has 2 rings (SSSR count). The van der Waals surface area contributed by atoms with Crippen LogP contribution in [0, 0.1) is 0 Å². The van der Waals surface area contributed by atoms with E-state index in [9.17, 15) is 4.79 Å². The van der Waals surface area contributed by atoms with E-state index in [0.717, 1.165) is 10.9 Å². The first-order valence-electron chi connectivity index (χ1n) is 6.14. The zero-order chi connectivity index (χ0) is 13.5. The van der Waals surface area contributed by atoms with E-state index >= 15 is 0 Å². The largest absolute Gasteiger partial charge is 0.383 e. The maximum absolute atomic E-state index is 11.7.